The molecule has 0 bridgehead atoms. The molecule has 0 aliphatic rings. The average Bonchev–Trinajstić information content (AvgIpc) is 2.45. The first-order valence-electron chi connectivity index (χ1n) is 6.80. The van der Waals surface area contributed by atoms with E-state index >= 15 is 0 Å². The van der Waals surface area contributed by atoms with Gasteiger partial charge >= 0.3 is 0 Å². The normalized spacial score (nSPS) is 12.3. The molecule has 0 spiro atoms. The summed E-state index contributed by atoms with van der Waals surface area (Å²) in [7, 11) is 0. The maximum absolute atomic E-state index is 5.72. The Morgan fingerprint density at radius 1 is 1.30 bits per heavy atom. The molecule has 0 aliphatic carbocycles. The summed E-state index contributed by atoms with van der Waals surface area (Å²) >= 11 is 5.07. The number of thiocarbonyl (C=S) groups is 1. The monoisotopic (exact) mass is 288 g/mol. The van der Waals surface area contributed by atoms with Crippen LogP contribution in [0.1, 0.15) is 19.5 Å². The maximum atomic E-state index is 5.72. The van der Waals surface area contributed by atoms with Gasteiger partial charge in [0, 0.05) is 29.8 Å². The number of aryl methyl sites for hydroxylation is 1. The van der Waals surface area contributed by atoms with Gasteiger partial charge in [-0.2, -0.15) is 5.10 Å². The van der Waals surface area contributed by atoms with Crippen molar-refractivity contribution in [1.82, 2.24) is 10.2 Å². The summed E-state index contributed by atoms with van der Waals surface area (Å²) in [5, 5.41) is 10.9. The first kappa shape index (κ1) is 14.7. The van der Waals surface area contributed by atoms with Gasteiger partial charge in [-0.05, 0) is 13.8 Å². The molecular weight excluding hydrogens is 268 g/mol. The summed E-state index contributed by atoms with van der Waals surface area (Å²) in [6, 6.07) is 8.21. The van der Waals surface area contributed by atoms with Gasteiger partial charge in [-0.15, -0.1) is 5.10 Å². The van der Waals surface area contributed by atoms with Crippen LogP contribution in [0.5, 0.6) is 0 Å². The van der Waals surface area contributed by atoms with Crippen molar-refractivity contribution in [1.29, 1.82) is 0 Å². The standard InChI is InChI=1S/C15H20N4S/c1-4-19(9-10(2)14(16)20)15-13-8-6-5-7-12(13)11(3)17-18-15/h5-8,10H,4,9H2,1-3H3,(H2,16,20). The fraction of sp³-hybridized carbons (Fsp3) is 0.400. The molecule has 5 heteroatoms. The number of fused-ring (bicyclic) bond motifs is 1. The Labute approximate surface area is 125 Å². The third kappa shape index (κ3) is 2.88. The third-order valence-corrected chi connectivity index (χ3v) is 3.92. The molecular formula is C15H20N4S. The van der Waals surface area contributed by atoms with Crippen molar-refractivity contribution in [2.45, 2.75) is 20.8 Å². The molecule has 2 rings (SSSR count). The van der Waals surface area contributed by atoms with Gasteiger partial charge in [-0.3, -0.25) is 0 Å². The van der Waals surface area contributed by atoms with Crippen LogP contribution in [0.3, 0.4) is 0 Å². The predicted octanol–water partition coefficient (Wildman–Crippen LogP) is 2.69. The molecule has 106 valence electrons. The van der Waals surface area contributed by atoms with E-state index in [0.29, 0.717) is 4.99 Å². The van der Waals surface area contributed by atoms with E-state index in [1.54, 1.807) is 0 Å². The molecule has 0 saturated heterocycles. The second-order valence-electron chi connectivity index (χ2n) is 5.00. The van der Waals surface area contributed by atoms with Crippen LogP contribution in [-0.2, 0) is 0 Å². The first-order chi connectivity index (χ1) is 9.54. The van der Waals surface area contributed by atoms with Gasteiger partial charge in [0.15, 0.2) is 5.82 Å². The van der Waals surface area contributed by atoms with Crippen LogP contribution in [0.25, 0.3) is 10.8 Å². The van der Waals surface area contributed by atoms with Crippen molar-refractivity contribution in [3.8, 4) is 0 Å². The van der Waals surface area contributed by atoms with Crippen LogP contribution in [0, 0.1) is 12.8 Å². The Bertz CT molecular complexity index is 626. The molecule has 1 aromatic carbocycles. The van der Waals surface area contributed by atoms with Crippen molar-refractivity contribution < 1.29 is 0 Å². The number of hydrogen-bond acceptors (Lipinski definition) is 4. The number of rotatable bonds is 5. The molecule has 2 N–H and O–H groups in total. The predicted molar refractivity (Wildman–Crippen MR) is 88.1 cm³/mol. The van der Waals surface area contributed by atoms with Gasteiger partial charge in [0.25, 0.3) is 0 Å². The van der Waals surface area contributed by atoms with Gasteiger partial charge in [0.1, 0.15) is 0 Å². The van der Waals surface area contributed by atoms with Crippen molar-refractivity contribution >= 4 is 33.8 Å². The van der Waals surface area contributed by atoms with E-state index < -0.39 is 0 Å². The van der Waals surface area contributed by atoms with Gasteiger partial charge in [0.05, 0.1) is 10.7 Å². The average molecular weight is 288 g/mol. The molecule has 0 aliphatic heterocycles. The topological polar surface area (TPSA) is 55.0 Å². The van der Waals surface area contributed by atoms with E-state index in [1.807, 2.05) is 26.0 Å². The van der Waals surface area contributed by atoms with Crippen molar-refractivity contribution in [3.63, 3.8) is 0 Å². The molecule has 0 fully saturated rings. The lowest BCUT2D eigenvalue weighted by Gasteiger charge is -2.26. The Kier molecular flexibility index (Phi) is 4.49. The Morgan fingerprint density at radius 3 is 2.55 bits per heavy atom. The Hall–Kier alpha value is -1.75. The third-order valence-electron chi connectivity index (χ3n) is 3.51. The summed E-state index contributed by atoms with van der Waals surface area (Å²) < 4.78 is 0. The molecule has 0 saturated carbocycles. The molecule has 4 nitrogen and oxygen atoms in total. The van der Waals surface area contributed by atoms with E-state index in [0.717, 1.165) is 35.4 Å². The molecule has 1 unspecified atom stereocenters. The number of aromatic nitrogens is 2. The highest BCUT2D eigenvalue weighted by Crippen LogP contribution is 2.25. The zero-order chi connectivity index (χ0) is 14.7. The summed E-state index contributed by atoms with van der Waals surface area (Å²) in [5.41, 5.74) is 6.67. The van der Waals surface area contributed by atoms with E-state index in [4.69, 9.17) is 18.0 Å². The highest BCUT2D eigenvalue weighted by molar-refractivity contribution is 7.80. The highest BCUT2D eigenvalue weighted by Gasteiger charge is 2.16. The summed E-state index contributed by atoms with van der Waals surface area (Å²) in [5.74, 6) is 1.05. The fourth-order valence-electron chi connectivity index (χ4n) is 2.24. The second-order valence-corrected chi connectivity index (χ2v) is 5.47. The second kappa shape index (κ2) is 6.13. The van der Waals surface area contributed by atoms with Gasteiger partial charge < -0.3 is 10.6 Å². The van der Waals surface area contributed by atoms with Gasteiger partial charge in [-0.1, -0.05) is 43.4 Å². The zero-order valence-corrected chi connectivity index (χ0v) is 12.9. The number of nitrogens with zero attached hydrogens (tertiary/aromatic N) is 3. The smallest absolute Gasteiger partial charge is 0.159 e. The van der Waals surface area contributed by atoms with Gasteiger partial charge in [0.2, 0.25) is 0 Å². The van der Waals surface area contributed by atoms with Crippen LogP contribution in [0.15, 0.2) is 24.3 Å². The van der Waals surface area contributed by atoms with E-state index in [9.17, 15) is 0 Å². The summed E-state index contributed by atoms with van der Waals surface area (Å²) in [6.45, 7) is 7.71. The molecule has 0 amide bonds. The minimum atomic E-state index is 0.145. The number of benzene rings is 1. The summed E-state index contributed by atoms with van der Waals surface area (Å²) in [6.07, 6.45) is 0. The molecule has 2 aromatic rings. The summed E-state index contributed by atoms with van der Waals surface area (Å²) in [4.78, 5) is 2.71. The van der Waals surface area contributed by atoms with Crippen LogP contribution in [0.2, 0.25) is 0 Å². The maximum Gasteiger partial charge on any atom is 0.159 e. The van der Waals surface area contributed by atoms with Crippen molar-refractivity contribution in [3.05, 3.63) is 30.0 Å². The van der Waals surface area contributed by atoms with Crippen LogP contribution in [0.4, 0.5) is 5.82 Å². The van der Waals surface area contributed by atoms with Crippen LogP contribution >= 0.6 is 12.2 Å². The highest BCUT2D eigenvalue weighted by atomic mass is 32.1. The van der Waals surface area contributed by atoms with Crippen LogP contribution < -0.4 is 10.6 Å². The SMILES string of the molecule is CCN(CC(C)C(N)=S)c1nnc(C)c2ccccc12. The Balaban J connectivity index is 2.45. The van der Waals surface area contributed by atoms with Crippen LogP contribution in [-0.4, -0.2) is 28.3 Å². The lowest BCUT2D eigenvalue weighted by Crippen LogP contribution is -2.34. The first-order valence-corrected chi connectivity index (χ1v) is 7.21. The van der Waals surface area contributed by atoms with Gasteiger partial charge in [-0.25, -0.2) is 0 Å². The minimum absolute atomic E-state index is 0.145. The fourth-order valence-corrected chi connectivity index (χ4v) is 2.32. The molecule has 1 atom stereocenters. The molecule has 0 radical (unpaired) electrons. The zero-order valence-electron chi connectivity index (χ0n) is 12.1. The van der Waals surface area contributed by atoms with Crippen molar-refractivity contribution in [2.24, 2.45) is 11.7 Å². The quantitative estimate of drug-likeness (QED) is 0.857. The number of hydrogen-bond donors (Lipinski definition) is 1. The Morgan fingerprint density at radius 2 is 1.95 bits per heavy atom. The number of nitrogens with two attached hydrogens (primary N) is 1. The van der Waals surface area contributed by atoms with E-state index in [-0.39, 0.29) is 5.92 Å². The molecule has 1 aromatic heterocycles. The minimum Gasteiger partial charge on any atom is -0.393 e. The number of anilines is 1. The lowest BCUT2D eigenvalue weighted by molar-refractivity contribution is 0.696. The molecule has 20 heavy (non-hydrogen) atoms. The molecule has 1 heterocycles. The van der Waals surface area contributed by atoms with E-state index in [1.165, 1.54) is 0 Å². The van der Waals surface area contributed by atoms with E-state index in [2.05, 4.69) is 34.2 Å². The largest absolute Gasteiger partial charge is 0.393 e. The lowest BCUT2D eigenvalue weighted by atomic mass is 10.1. The van der Waals surface area contributed by atoms with Crippen molar-refractivity contribution in [2.75, 3.05) is 18.0 Å².